The molecule has 1 aromatic carbocycles. The van der Waals surface area contributed by atoms with Crippen molar-refractivity contribution in [3.8, 4) is 0 Å². The second-order valence-electron chi connectivity index (χ2n) is 7.67. The largest absolute Gasteiger partial charge is 0.338 e. The third-order valence-corrected chi connectivity index (χ3v) is 5.99. The number of nitrogens with zero attached hydrogens (tertiary/aromatic N) is 4. The molecule has 1 aliphatic heterocycles. The van der Waals surface area contributed by atoms with E-state index in [1.165, 1.54) is 31.5 Å². The van der Waals surface area contributed by atoms with Gasteiger partial charge < -0.3 is 5.32 Å². The molecule has 1 saturated heterocycles. The smallest absolute Gasteiger partial charge is 0.160 e. The van der Waals surface area contributed by atoms with Gasteiger partial charge in [-0.25, -0.2) is 9.97 Å². The Balaban J connectivity index is 1.63. The second-order valence-corrected chi connectivity index (χ2v) is 8.07. The number of anilines is 2. The standard InChI is InChI=1S/C22H26ClN5/c1-4-16-8-9-28(12-16)13-17-10-20-21(24-11-17)22(26-15(3)25-20)27-19-7-5-6-18(23)14(19)2/h5-7,10-11,16H,4,8-9,12-13H2,1-3H3,(H,25,26,27). The van der Waals surface area contributed by atoms with Gasteiger partial charge in [0.25, 0.3) is 0 Å². The summed E-state index contributed by atoms with van der Waals surface area (Å²) in [7, 11) is 0. The second kappa shape index (κ2) is 8.02. The number of fused-ring (bicyclic) bond motifs is 1. The molecule has 1 N–H and O–H groups in total. The number of likely N-dealkylation sites (tertiary alicyclic amines) is 1. The predicted octanol–water partition coefficient (Wildman–Crippen LogP) is 5.27. The number of benzene rings is 1. The number of rotatable bonds is 5. The van der Waals surface area contributed by atoms with Gasteiger partial charge in [-0.15, -0.1) is 0 Å². The molecule has 3 aromatic rings. The first-order chi connectivity index (χ1) is 13.5. The van der Waals surface area contributed by atoms with Crippen LogP contribution in [0.5, 0.6) is 0 Å². The van der Waals surface area contributed by atoms with Crippen molar-refractivity contribution in [2.75, 3.05) is 18.4 Å². The lowest BCUT2D eigenvalue weighted by Gasteiger charge is -2.16. The molecule has 1 atom stereocenters. The Morgan fingerprint density at radius 1 is 1.25 bits per heavy atom. The highest BCUT2D eigenvalue weighted by atomic mass is 35.5. The summed E-state index contributed by atoms with van der Waals surface area (Å²) in [5, 5.41) is 4.12. The number of aryl methyl sites for hydroxylation is 1. The Morgan fingerprint density at radius 2 is 2.11 bits per heavy atom. The van der Waals surface area contributed by atoms with Crippen LogP contribution in [-0.4, -0.2) is 32.9 Å². The highest BCUT2D eigenvalue weighted by Crippen LogP contribution is 2.29. The summed E-state index contributed by atoms with van der Waals surface area (Å²) in [6.45, 7) is 9.46. The molecule has 28 heavy (non-hydrogen) atoms. The molecule has 0 amide bonds. The molecule has 146 valence electrons. The van der Waals surface area contributed by atoms with Crippen LogP contribution in [0.1, 0.15) is 36.7 Å². The first kappa shape index (κ1) is 19.1. The quantitative estimate of drug-likeness (QED) is 0.637. The Morgan fingerprint density at radius 3 is 2.89 bits per heavy atom. The first-order valence-corrected chi connectivity index (χ1v) is 10.3. The minimum atomic E-state index is 0.714. The Hall–Kier alpha value is -2.24. The lowest BCUT2D eigenvalue weighted by atomic mass is 10.1. The van der Waals surface area contributed by atoms with Crippen LogP contribution in [0.4, 0.5) is 11.5 Å². The van der Waals surface area contributed by atoms with Gasteiger partial charge in [-0.3, -0.25) is 9.88 Å². The SMILES string of the molecule is CCC1CCN(Cc2cnc3c(Nc4cccc(Cl)c4C)nc(C)nc3c2)C1. The number of hydrogen-bond acceptors (Lipinski definition) is 5. The van der Waals surface area contributed by atoms with Gasteiger partial charge in [0.05, 0.1) is 5.52 Å². The summed E-state index contributed by atoms with van der Waals surface area (Å²) in [6, 6.07) is 7.96. The number of aromatic nitrogens is 3. The van der Waals surface area contributed by atoms with Crippen molar-refractivity contribution in [1.82, 2.24) is 19.9 Å². The van der Waals surface area contributed by atoms with Crippen LogP contribution in [0.25, 0.3) is 11.0 Å². The van der Waals surface area contributed by atoms with Crippen LogP contribution < -0.4 is 5.32 Å². The zero-order valence-electron chi connectivity index (χ0n) is 16.7. The molecule has 0 aliphatic carbocycles. The number of pyridine rings is 1. The summed E-state index contributed by atoms with van der Waals surface area (Å²) in [4.78, 5) is 16.4. The number of hydrogen-bond donors (Lipinski definition) is 1. The van der Waals surface area contributed by atoms with Crippen molar-refractivity contribution in [3.05, 3.63) is 52.4 Å². The normalized spacial score (nSPS) is 17.4. The van der Waals surface area contributed by atoms with Crippen molar-refractivity contribution in [2.45, 2.75) is 40.2 Å². The average molecular weight is 396 g/mol. The van der Waals surface area contributed by atoms with Crippen LogP contribution in [0.3, 0.4) is 0 Å². The molecule has 0 spiro atoms. The van der Waals surface area contributed by atoms with Crippen LogP contribution in [0, 0.1) is 19.8 Å². The van der Waals surface area contributed by atoms with Crippen molar-refractivity contribution in [2.24, 2.45) is 5.92 Å². The van der Waals surface area contributed by atoms with E-state index in [1.54, 1.807) is 0 Å². The third-order valence-electron chi connectivity index (χ3n) is 5.58. The van der Waals surface area contributed by atoms with Crippen LogP contribution in [0.15, 0.2) is 30.5 Å². The fraction of sp³-hybridized carbons (Fsp3) is 0.409. The lowest BCUT2D eigenvalue weighted by molar-refractivity contribution is 0.315. The topological polar surface area (TPSA) is 53.9 Å². The highest BCUT2D eigenvalue weighted by molar-refractivity contribution is 6.31. The minimum Gasteiger partial charge on any atom is -0.338 e. The molecular formula is C22H26ClN5. The molecule has 6 heteroatoms. The van der Waals surface area contributed by atoms with E-state index in [0.717, 1.165) is 45.6 Å². The molecule has 1 fully saturated rings. The predicted molar refractivity (Wildman–Crippen MR) is 115 cm³/mol. The van der Waals surface area contributed by atoms with Crippen LogP contribution in [0.2, 0.25) is 5.02 Å². The molecule has 2 aromatic heterocycles. The first-order valence-electron chi connectivity index (χ1n) is 9.91. The molecule has 4 rings (SSSR count). The van der Waals surface area contributed by atoms with Gasteiger partial charge >= 0.3 is 0 Å². The van der Waals surface area contributed by atoms with Gasteiger partial charge in [-0.1, -0.05) is 31.0 Å². The Kier molecular flexibility index (Phi) is 5.47. The summed E-state index contributed by atoms with van der Waals surface area (Å²) in [5.41, 5.74) is 4.78. The summed E-state index contributed by atoms with van der Waals surface area (Å²) >= 11 is 6.26. The fourth-order valence-corrected chi connectivity index (χ4v) is 4.04. The van der Waals surface area contributed by atoms with Gasteiger partial charge in [0, 0.05) is 30.0 Å². The molecular weight excluding hydrogens is 370 g/mol. The maximum Gasteiger partial charge on any atom is 0.160 e. The van der Waals surface area contributed by atoms with Crippen molar-refractivity contribution >= 4 is 34.1 Å². The van der Waals surface area contributed by atoms with Crippen LogP contribution in [-0.2, 0) is 6.54 Å². The van der Waals surface area contributed by atoms with E-state index < -0.39 is 0 Å². The zero-order chi connectivity index (χ0) is 19.7. The van der Waals surface area contributed by atoms with Crippen molar-refractivity contribution in [3.63, 3.8) is 0 Å². The highest BCUT2D eigenvalue weighted by Gasteiger charge is 2.21. The summed E-state index contributed by atoms with van der Waals surface area (Å²) in [5.74, 6) is 2.27. The molecule has 0 saturated carbocycles. The number of nitrogens with one attached hydrogen (secondary N) is 1. The van der Waals surface area contributed by atoms with E-state index in [9.17, 15) is 0 Å². The fourth-order valence-electron chi connectivity index (χ4n) is 3.87. The number of halogens is 1. The summed E-state index contributed by atoms with van der Waals surface area (Å²) < 4.78 is 0. The van der Waals surface area contributed by atoms with Crippen molar-refractivity contribution < 1.29 is 0 Å². The van der Waals surface area contributed by atoms with Crippen LogP contribution >= 0.6 is 11.6 Å². The molecule has 0 bridgehead atoms. The Bertz CT molecular complexity index is 1000. The van der Waals surface area contributed by atoms with Gasteiger partial charge in [0.15, 0.2) is 5.82 Å². The van der Waals surface area contributed by atoms with Gasteiger partial charge in [-0.05, 0) is 62.1 Å². The third kappa shape index (κ3) is 3.96. The molecule has 0 radical (unpaired) electrons. The van der Waals surface area contributed by atoms with Gasteiger partial charge in [0.1, 0.15) is 11.3 Å². The van der Waals surface area contributed by atoms with E-state index in [0.29, 0.717) is 5.82 Å². The lowest BCUT2D eigenvalue weighted by Crippen LogP contribution is -2.20. The molecule has 5 nitrogen and oxygen atoms in total. The van der Waals surface area contributed by atoms with Gasteiger partial charge in [0.2, 0.25) is 0 Å². The van der Waals surface area contributed by atoms with E-state index in [4.69, 9.17) is 16.6 Å². The maximum absolute atomic E-state index is 6.26. The van der Waals surface area contributed by atoms with E-state index >= 15 is 0 Å². The zero-order valence-corrected chi connectivity index (χ0v) is 17.4. The molecule has 1 unspecified atom stereocenters. The van der Waals surface area contributed by atoms with Gasteiger partial charge in [-0.2, -0.15) is 0 Å². The summed E-state index contributed by atoms with van der Waals surface area (Å²) in [6.07, 6.45) is 4.51. The monoisotopic (exact) mass is 395 g/mol. The Labute approximate surface area is 171 Å². The van der Waals surface area contributed by atoms with E-state index in [2.05, 4.69) is 33.2 Å². The average Bonchev–Trinajstić information content (AvgIpc) is 3.12. The minimum absolute atomic E-state index is 0.714. The molecule has 1 aliphatic rings. The van der Waals surface area contributed by atoms with E-state index in [1.807, 2.05) is 38.2 Å². The molecule has 3 heterocycles. The van der Waals surface area contributed by atoms with E-state index in [-0.39, 0.29) is 0 Å². The maximum atomic E-state index is 6.26. The van der Waals surface area contributed by atoms with Crippen molar-refractivity contribution in [1.29, 1.82) is 0 Å².